The predicted octanol–water partition coefficient (Wildman–Crippen LogP) is 1.07. The van der Waals surface area contributed by atoms with Crippen LogP contribution in [0.1, 0.15) is 34.1 Å². The highest BCUT2D eigenvalue weighted by molar-refractivity contribution is 7.86. The Kier molecular flexibility index (Phi) is 8.68. The lowest BCUT2D eigenvalue weighted by atomic mass is 10.0. The van der Waals surface area contributed by atoms with E-state index in [1.165, 1.54) is 8.61 Å². The van der Waals surface area contributed by atoms with Gasteiger partial charge in [0.1, 0.15) is 0 Å². The van der Waals surface area contributed by atoms with Crippen LogP contribution in [0, 0.1) is 5.92 Å². The lowest BCUT2D eigenvalue weighted by Gasteiger charge is -2.36. The van der Waals surface area contributed by atoms with Crippen molar-refractivity contribution in [3.8, 4) is 0 Å². The van der Waals surface area contributed by atoms with Crippen molar-refractivity contribution in [1.29, 1.82) is 0 Å². The van der Waals surface area contributed by atoms with Gasteiger partial charge in [0.2, 0.25) is 0 Å². The van der Waals surface area contributed by atoms with Crippen LogP contribution in [0.4, 0.5) is 0 Å². The van der Waals surface area contributed by atoms with Gasteiger partial charge in [0, 0.05) is 32.7 Å². The zero-order valence-corrected chi connectivity index (χ0v) is 15.3. The first-order valence-electron chi connectivity index (χ1n) is 7.27. The van der Waals surface area contributed by atoms with E-state index in [0.717, 1.165) is 0 Å². The zero-order valence-electron chi connectivity index (χ0n) is 13.7. The van der Waals surface area contributed by atoms with Gasteiger partial charge in [-0.15, -0.1) is 12.4 Å². The number of hydrogen-bond donors (Lipinski definition) is 1. The SMILES string of the molecule is CC1CN(S(=O)(=O)N(C)CCC(N)C(C)C)CC(C)O1.Cl. The van der Waals surface area contributed by atoms with Crippen molar-refractivity contribution in [3.05, 3.63) is 0 Å². The molecule has 8 heteroatoms. The standard InChI is InChI=1S/C13H29N3O3S.ClH/c1-10(2)13(14)6-7-15(5)20(17,18)16-8-11(3)19-12(4)9-16;/h10-13H,6-9,14H2,1-5H3;1H. The molecule has 21 heavy (non-hydrogen) atoms. The lowest BCUT2D eigenvalue weighted by Crippen LogP contribution is -2.52. The van der Waals surface area contributed by atoms with E-state index in [-0.39, 0.29) is 30.7 Å². The Morgan fingerprint density at radius 2 is 1.76 bits per heavy atom. The second-order valence-corrected chi connectivity index (χ2v) is 8.14. The summed E-state index contributed by atoms with van der Waals surface area (Å²) >= 11 is 0. The molecule has 0 aliphatic carbocycles. The van der Waals surface area contributed by atoms with Gasteiger partial charge in [0.15, 0.2) is 0 Å². The third-order valence-corrected chi connectivity index (χ3v) is 5.66. The summed E-state index contributed by atoms with van der Waals surface area (Å²) in [5, 5.41) is 0. The molecule has 0 bridgehead atoms. The van der Waals surface area contributed by atoms with Gasteiger partial charge in [-0.25, -0.2) is 0 Å². The van der Waals surface area contributed by atoms with Gasteiger partial charge >= 0.3 is 0 Å². The minimum Gasteiger partial charge on any atom is -0.373 e. The highest BCUT2D eigenvalue weighted by atomic mass is 35.5. The number of ether oxygens (including phenoxy) is 1. The van der Waals surface area contributed by atoms with E-state index in [2.05, 4.69) is 0 Å². The third kappa shape index (κ3) is 6.00. The van der Waals surface area contributed by atoms with Gasteiger partial charge in [-0.3, -0.25) is 0 Å². The Balaban J connectivity index is 0.00000400. The van der Waals surface area contributed by atoms with Crippen molar-refractivity contribution >= 4 is 22.6 Å². The highest BCUT2D eigenvalue weighted by Crippen LogP contribution is 2.17. The topological polar surface area (TPSA) is 75.9 Å². The summed E-state index contributed by atoms with van der Waals surface area (Å²) < 4.78 is 33.5. The Labute approximate surface area is 135 Å². The van der Waals surface area contributed by atoms with Crippen LogP contribution in [0.3, 0.4) is 0 Å². The molecule has 1 saturated heterocycles. The normalized spacial score (nSPS) is 25.9. The molecular formula is C13H30ClN3O3S. The van der Waals surface area contributed by atoms with E-state index in [1.54, 1.807) is 7.05 Å². The molecule has 0 saturated carbocycles. The molecule has 6 nitrogen and oxygen atoms in total. The van der Waals surface area contributed by atoms with Crippen LogP contribution < -0.4 is 5.73 Å². The van der Waals surface area contributed by atoms with Gasteiger partial charge in [-0.1, -0.05) is 13.8 Å². The third-order valence-electron chi connectivity index (χ3n) is 3.74. The van der Waals surface area contributed by atoms with Crippen LogP contribution in [-0.4, -0.2) is 62.0 Å². The molecule has 1 rings (SSSR count). The highest BCUT2D eigenvalue weighted by Gasteiger charge is 2.33. The van der Waals surface area contributed by atoms with Crippen LogP contribution in [0.15, 0.2) is 0 Å². The average Bonchev–Trinajstić information content (AvgIpc) is 2.33. The molecule has 1 aliphatic heterocycles. The summed E-state index contributed by atoms with van der Waals surface area (Å²) in [4.78, 5) is 0. The zero-order chi connectivity index (χ0) is 15.5. The van der Waals surface area contributed by atoms with Crippen LogP contribution in [-0.2, 0) is 14.9 Å². The average molecular weight is 344 g/mol. The minimum atomic E-state index is -3.42. The summed E-state index contributed by atoms with van der Waals surface area (Å²) in [5.74, 6) is 0.356. The van der Waals surface area contributed by atoms with E-state index in [4.69, 9.17) is 10.5 Å². The van der Waals surface area contributed by atoms with Gasteiger partial charge in [-0.05, 0) is 26.2 Å². The summed E-state index contributed by atoms with van der Waals surface area (Å²) in [5.41, 5.74) is 5.98. The fourth-order valence-electron chi connectivity index (χ4n) is 2.30. The molecule has 0 amide bonds. The molecule has 0 aromatic rings. The smallest absolute Gasteiger partial charge is 0.281 e. The van der Waals surface area contributed by atoms with Crippen LogP contribution >= 0.6 is 12.4 Å². The Morgan fingerprint density at radius 1 is 1.29 bits per heavy atom. The number of nitrogens with two attached hydrogens (primary N) is 1. The molecule has 3 unspecified atom stereocenters. The molecule has 3 atom stereocenters. The number of rotatable bonds is 6. The molecule has 0 spiro atoms. The Hall–Kier alpha value is 0.0800. The van der Waals surface area contributed by atoms with E-state index in [0.29, 0.717) is 32.0 Å². The van der Waals surface area contributed by atoms with Crippen LogP contribution in [0.2, 0.25) is 0 Å². The lowest BCUT2D eigenvalue weighted by molar-refractivity contribution is -0.0453. The summed E-state index contributed by atoms with van der Waals surface area (Å²) in [6.07, 6.45) is 0.530. The number of morpholine rings is 1. The molecule has 1 fully saturated rings. The minimum absolute atomic E-state index is 0. The molecule has 2 N–H and O–H groups in total. The second kappa shape index (κ2) is 8.64. The maximum Gasteiger partial charge on any atom is 0.281 e. The number of halogens is 1. The van der Waals surface area contributed by atoms with Gasteiger partial charge in [0.25, 0.3) is 10.2 Å². The Bertz CT molecular complexity index is 395. The van der Waals surface area contributed by atoms with Crippen molar-refractivity contribution in [1.82, 2.24) is 8.61 Å². The second-order valence-electron chi connectivity index (χ2n) is 6.10. The number of hydrogen-bond acceptors (Lipinski definition) is 4. The fourth-order valence-corrected chi connectivity index (χ4v) is 3.82. The van der Waals surface area contributed by atoms with Gasteiger partial charge in [0.05, 0.1) is 12.2 Å². The van der Waals surface area contributed by atoms with Crippen molar-refractivity contribution in [2.45, 2.75) is 52.4 Å². The van der Waals surface area contributed by atoms with Crippen LogP contribution in [0.25, 0.3) is 0 Å². The van der Waals surface area contributed by atoms with E-state index in [9.17, 15) is 8.42 Å². The Morgan fingerprint density at radius 3 is 2.19 bits per heavy atom. The maximum atomic E-state index is 12.5. The van der Waals surface area contributed by atoms with Gasteiger partial charge < -0.3 is 10.5 Å². The molecule has 1 heterocycles. The van der Waals surface area contributed by atoms with Gasteiger partial charge in [-0.2, -0.15) is 17.0 Å². The first kappa shape index (κ1) is 21.1. The van der Waals surface area contributed by atoms with Crippen molar-refractivity contribution in [2.75, 3.05) is 26.7 Å². The predicted molar refractivity (Wildman–Crippen MR) is 87.8 cm³/mol. The first-order valence-corrected chi connectivity index (χ1v) is 8.66. The molecule has 0 aromatic carbocycles. The maximum absolute atomic E-state index is 12.5. The largest absolute Gasteiger partial charge is 0.373 e. The fraction of sp³-hybridized carbons (Fsp3) is 1.00. The molecular weight excluding hydrogens is 314 g/mol. The number of nitrogens with zero attached hydrogens (tertiary/aromatic N) is 2. The van der Waals surface area contributed by atoms with E-state index < -0.39 is 10.2 Å². The molecule has 128 valence electrons. The van der Waals surface area contributed by atoms with Crippen molar-refractivity contribution in [2.24, 2.45) is 11.7 Å². The molecule has 1 aliphatic rings. The van der Waals surface area contributed by atoms with Crippen molar-refractivity contribution in [3.63, 3.8) is 0 Å². The summed E-state index contributed by atoms with van der Waals surface area (Å²) in [6, 6.07) is 0.0233. The summed E-state index contributed by atoms with van der Waals surface area (Å²) in [6.45, 7) is 9.15. The van der Waals surface area contributed by atoms with E-state index in [1.807, 2.05) is 27.7 Å². The summed E-state index contributed by atoms with van der Waals surface area (Å²) in [7, 11) is -1.80. The first-order chi connectivity index (χ1) is 9.14. The van der Waals surface area contributed by atoms with Crippen molar-refractivity contribution < 1.29 is 13.2 Å². The quantitative estimate of drug-likeness (QED) is 0.782. The van der Waals surface area contributed by atoms with Crippen LogP contribution in [0.5, 0.6) is 0 Å². The van der Waals surface area contributed by atoms with E-state index >= 15 is 0 Å². The molecule has 0 radical (unpaired) electrons. The molecule has 0 aromatic heterocycles. The monoisotopic (exact) mass is 343 g/mol.